The summed E-state index contributed by atoms with van der Waals surface area (Å²) in [5.41, 5.74) is 8.28. The monoisotopic (exact) mass is 572 g/mol. The number of rotatable bonds is 10. The highest BCUT2D eigenvalue weighted by Crippen LogP contribution is 2.43. The zero-order valence-corrected chi connectivity index (χ0v) is 24.1. The Kier molecular flexibility index (Phi) is 9.38. The number of halogens is 1. The molecule has 1 amide bonds. The van der Waals surface area contributed by atoms with Crippen molar-refractivity contribution < 1.29 is 19.4 Å². The van der Waals surface area contributed by atoms with Gasteiger partial charge in [-0.05, 0) is 71.0 Å². The number of hydrogen-bond acceptors (Lipinski definition) is 5. The highest BCUT2D eigenvalue weighted by atomic mass is 35.5. The van der Waals surface area contributed by atoms with Crippen LogP contribution in [-0.2, 0) is 21.6 Å². The van der Waals surface area contributed by atoms with E-state index in [2.05, 4.69) is 24.3 Å². The lowest BCUT2D eigenvalue weighted by Crippen LogP contribution is -2.54. The third-order valence-corrected chi connectivity index (χ3v) is 8.31. The lowest BCUT2D eigenvalue weighted by atomic mass is 9.78. The molecule has 1 aliphatic heterocycles. The Bertz CT molecular complexity index is 1490. The zero-order valence-electron chi connectivity index (χ0n) is 23.4. The summed E-state index contributed by atoms with van der Waals surface area (Å²) < 4.78 is 11.6. The number of benzene rings is 4. The first-order valence-corrected chi connectivity index (χ1v) is 14.5. The van der Waals surface area contributed by atoms with E-state index >= 15 is 0 Å². The Morgan fingerprint density at radius 1 is 1.05 bits per heavy atom. The van der Waals surface area contributed by atoms with E-state index in [0.29, 0.717) is 55.3 Å². The number of amides is 1. The third-order valence-electron chi connectivity index (χ3n) is 8.00. The van der Waals surface area contributed by atoms with Crippen LogP contribution in [0.25, 0.3) is 21.9 Å². The molecule has 5 rings (SSSR count). The topological polar surface area (TPSA) is 85.0 Å². The molecule has 1 saturated heterocycles. The van der Waals surface area contributed by atoms with E-state index in [9.17, 15) is 9.90 Å². The van der Waals surface area contributed by atoms with Gasteiger partial charge in [0.05, 0.1) is 13.2 Å². The number of nitrogens with two attached hydrogens (primary N) is 1. The van der Waals surface area contributed by atoms with Gasteiger partial charge in [-0.3, -0.25) is 4.79 Å². The number of aliphatic hydroxyl groups is 1. The van der Waals surface area contributed by atoms with Crippen LogP contribution in [0.1, 0.15) is 40.7 Å². The third kappa shape index (κ3) is 6.32. The highest BCUT2D eigenvalue weighted by molar-refractivity contribution is 6.33. The van der Waals surface area contributed by atoms with Gasteiger partial charge in [0.2, 0.25) is 0 Å². The first-order valence-electron chi connectivity index (χ1n) is 14.1. The molecule has 4 aromatic rings. The predicted octanol–water partition coefficient (Wildman–Crippen LogP) is 6.16. The van der Waals surface area contributed by atoms with Crippen molar-refractivity contribution in [2.75, 3.05) is 33.4 Å². The number of fused-ring (bicyclic) bond motifs is 1. The van der Waals surface area contributed by atoms with Crippen molar-refractivity contribution in [2.24, 2.45) is 5.73 Å². The fraction of sp³-hybridized carbons (Fsp3) is 0.324. The molecule has 0 aromatic heterocycles. The first kappa shape index (κ1) is 29.2. The maximum atomic E-state index is 13.5. The van der Waals surface area contributed by atoms with E-state index in [1.54, 1.807) is 24.1 Å². The summed E-state index contributed by atoms with van der Waals surface area (Å²) in [5, 5.41) is 15.4. The fourth-order valence-electron chi connectivity index (χ4n) is 5.72. The molecule has 1 heterocycles. The second-order valence-corrected chi connectivity index (χ2v) is 11.0. The van der Waals surface area contributed by atoms with Crippen LogP contribution in [-0.4, -0.2) is 55.4 Å². The smallest absolute Gasteiger partial charge is 0.254 e. The predicted molar refractivity (Wildman–Crippen MR) is 164 cm³/mol. The summed E-state index contributed by atoms with van der Waals surface area (Å²) in [5.74, 6) is -0.0931. The molecule has 0 saturated carbocycles. The molecular weight excluding hydrogens is 536 g/mol. The van der Waals surface area contributed by atoms with Crippen molar-refractivity contribution in [1.82, 2.24) is 4.90 Å². The lowest BCUT2D eigenvalue weighted by Gasteiger charge is -2.43. The number of carbonyl (C=O) groups is 1. The van der Waals surface area contributed by atoms with Crippen molar-refractivity contribution in [3.8, 4) is 11.1 Å². The van der Waals surface area contributed by atoms with Gasteiger partial charge in [0, 0.05) is 43.0 Å². The van der Waals surface area contributed by atoms with Gasteiger partial charge in [0.1, 0.15) is 11.7 Å². The number of morpholine rings is 1. The van der Waals surface area contributed by atoms with Crippen LogP contribution < -0.4 is 5.73 Å². The van der Waals surface area contributed by atoms with E-state index in [1.165, 1.54) is 0 Å². The minimum atomic E-state index is -1.40. The van der Waals surface area contributed by atoms with E-state index in [4.69, 9.17) is 26.8 Å². The van der Waals surface area contributed by atoms with Crippen molar-refractivity contribution in [2.45, 2.75) is 37.5 Å². The van der Waals surface area contributed by atoms with Crippen LogP contribution >= 0.6 is 11.6 Å². The average molecular weight is 573 g/mol. The van der Waals surface area contributed by atoms with Crippen molar-refractivity contribution in [3.63, 3.8) is 0 Å². The Balaban J connectivity index is 1.52. The molecule has 0 radical (unpaired) electrons. The van der Waals surface area contributed by atoms with Crippen LogP contribution in [0, 0.1) is 0 Å². The molecular formula is C34H37ClN2O4. The molecule has 41 heavy (non-hydrogen) atoms. The summed E-state index contributed by atoms with van der Waals surface area (Å²) in [7, 11) is 1.68. The van der Waals surface area contributed by atoms with Crippen molar-refractivity contribution in [1.29, 1.82) is 0 Å². The quantitative estimate of drug-likeness (QED) is 0.222. The highest BCUT2D eigenvalue weighted by Gasteiger charge is 2.44. The van der Waals surface area contributed by atoms with Crippen molar-refractivity contribution in [3.05, 3.63) is 107 Å². The summed E-state index contributed by atoms with van der Waals surface area (Å²) in [4.78, 5) is 15.3. The molecule has 7 heteroatoms. The molecule has 214 valence electrons. The van der Waals surface area contributed by atoms with Gasteiger partial charge >= 0.3 is 0 Å². The number of carbonyl (C=O) groups excluding carboxylic acids is 1. The maximum Gasteiger partial charge on any atom is 0.254 e. The van der Waals surface area contributed by atoms with Gasteiger partial charge in [0.15, 0.2) is 0 Å². The van der Waals surface area contributed by atoms with Gasteiger partial charge in [-0.1, -0.05) is 72.3 Å². The van der Waals surface area contributed by atoms with Crippen LogP contribution in [0.3, 0.4) is 0 Å². The molecule has 0 spiro atoms. The molecule has 6 nitrogen and oxygen atoms in total. The summed E-state index contributed by atoms with van der Waals surface area (Å²) in [6, 6.07) is 27.4. The van der Waals surface area contributed by atoms with Gasteiger partial charge in [-0.25, -0.2) is 0 Å². The van der Waals surface area contributed by atoms with E-state index < -0.39 is 11.7 Å². The van der Waals surface area contributed by atoms with Gasteiger partial charge < -0.3 is 25.2 Å². The molecule has 1 aliphatic rings. The average Bonchev–Trinajstić information content (AvgIpc) is 3.02. The van der Waals surface area contributed by atoms with Crippen LogP contribution in [0.5, 0.6) is 0 Å². The Labute approximate surface area is 246 Å². The lowest BCUT2D eigenvalue weighted by molar-refractivity contribution is -0.146. The number of nitrogens with zero attached hydrogens (tertiary/aromatic N) is 1. The number of ether oxygens (including phenoxy) is 2. The van der Waals surface area contributed by atoms with E-state index in [-0.39, 0.29) is 12.5 Å². The summed E-state index contributed by atoms with van der Waals surface area (Å²) in [6.45, 7) is 2.04. The molecule has 4 aromatic carbocycles. The van der Waals surface area contributed by atoms with E-state index in [0.717, 1.165) is 33.9 Å². The molecule has 2 atom stereocenters. The SMILES string of the molecule is COCCCCC(O)(c1cccc(Cl)c1-c1ccc2ccccc2c1)C1CN(C(=O)c2ccc(CN)cc2)CCO1. The second-order valence-electron chi connectivity index (χ2n) is 10.6. The fourth-order valence-corrected chi connectivity index (χ4v) is 6.01. The molecule has 0 aliphatic carbocycles. The van der Waals surface area contributed by atoms with Gasteiger partial charge in [0.25, 0.3) is 5.91 Å². The Hall–Kier alpha value is -3.26. The van der Waals surface area contributed by atoms with E-state index in [1.807, 2.05) is 48.5 Å². The summed E-state index contributed by atoms with van der Waals surface area (Å²) >= 11 is 6.88. The Morgan fingerprint density at radius 2 is 1.83 bits per heavy atom. The normalized spacial score (nSPS) is 17.0. The maximum absolute atomic E-state index is 13.5. The largest absolute Gasteiger partial charge is 0.385 e. The molecule has 1 fully saturated rings. The van der Waals surface area contributed by atoms with Crippen LogP contribution in [0.2, 0.25) is 5.02 Å². The molecule has 0 bridgehead atoms. The number of hydrogen-bond donors (Lipinski definition) is 2. The molecule has 2 unspecified atom stereocenters. The minimum absolute atomic E-state index is 0.0931. The van der Waals surface area contributed by atoms with Crippen molar-refractivity contribution >= 4 is 28.3 Å². The van der Waals surface area contributed by atoms with Gasteiger partial charge in [-0.15, -0.1) is 0 Å². The van der Waals surface area contributed by atoms with Crippen LogP contribution in [0.15, 0.2) is 84.9 Å². The standard InChI is InChI=1S/C34H37ClN2O4/c1-40-19-5-4-17-34(39,31-23-37(18-20-41-31)33(38)26-13-11-24(22-36)12-14-26)29-9-6-10-30(35)32(29)28-16-15-25-7-2-3-8-27(25)21-28/h2-3,6-16,21,31,39H,4-5,17-20,22-23,36H2,1H3. The second kappa shape index (κ2) is 13.1. The minimum Gasteiger partial charge on any atom is -0.385 e. The molecule has 3 N–H and O–H groups in total. The summed E-state index contributed by atoms with van der Waals surface area (Å²) in [6.07, 6.45) is 1.27. The number of unbranched alkanes of at least 4 members (excludes halogenated alkanes) is 1. The number of methoxy groups -OCH3 is 1. The zero-order chi connectivity index (χ0) is 28.8. The Morgan fingerprint density at radius 3 is 2.59 bits per heavy atom. The van der Waals surface area contributed by atoms with Gasteiger partial charge in [-0.2, -0.15) is 0 Å². The first-order chi connectivity index (χ1) is 19.9. The van der Waals surface area contributed by atoms with Crippen LogP contribution in [0.4, 0.5) is 0 Å².